The summed E-state index contributed by atoms with van der Waals surface area (Å²) in [7, 11) is 0. The van der Waals surface area contributed by atoms with Gasteiger partial charge in [0.25, 0.3) is 5.91 Å². The van der Waals surface area contributed by atoms with Crippen LogP contribution in [0.1, 0.15) is 27.2 Å². The molecule has 0 aliphatic rings. The fourth-order valence-corrected chi connectivity index (χ4v) is 2.86. The number of benzene rings is 2. The van der Waals surface area contributed by atoms with Gasteiger partial charge in [0, 0.05) is 22.0 Å². The molecular formula is C18H15BrFNO2. The zero-order chi connectivity index (χ0) is 16.6. The maximum absolute atomic E-state index is 13.3. The average molecular weight is 376 g/mol. The molecule has 1 N–H and O–H groups in total. The fraction of sp³-hybridized carbons (Fsp3) is 0.167. The zero-order valence-electron chi connectivity index (χ0n) is 12.7. The van der Waals surface area contributed by atoms with Crippen molar-refractivity contribution in [3.8, 4) is 0 Å². The van der Waals surface area contributed by atoms with E-state index < -0.39 is 0 Å². The summed E-state index contributed by atoms with van der Waals surface area (Å²) >= 11 is 3.41. The number of aryl methyl sites for hydroxylation is 2. The third-order valence-electron chi connectivity index (χ3n) is 3.86. The monoisotopic (exact) mass is 375 g/mol. The van der Waals surface area contributed by atoms with Gasteiger partial charge in [-0.25, -0.2) is 4.39 Å². The number of carbonyl (C=O) groups excluding carboxylic acids is 1. The Morgan fingerprint density at radius 3 is 2.78 bits per heavy atom. The molecule has 0 saturated carbocycles. The van der Waals surface area contributed by atoms with Crippen LogP contribution < -0.4 is 5.32 Å². The number of hydrogen-bond acceptors (Lipinski definition) is 2. The second-order valence-corrected chi connectivity index (χ2v) is 6.37. The third-order valence-corrected chi connectivity index (χ3v) is 4.35. The number of carbonyl (C=O) groups is 1. The van der Waals surface area contributed by atoms with E-state index in [2.05, 4.69) is 21.2 Å². The molecule has 2 aromatic carbocycles. The summed E-state index contributed by atoms with van der Waals surface area (Å²) in [5, 5.41) is 3.68. The van der Waals surface area contributed by atoms with Gasteiger partial charge >= 0.3 is 0 Å². The highest BCUT2D eigenvalue weighted by molar-refractivity contribution is 9.10. The summed E-state index contributed by atoms with van der Waals surface area (Å²) in [6.07, 6.45) is 0. The molecule has 0 aliphatic heterocycles. The minimum absolute atomic E-state index is 0.253. The third kappa shape index (κ3) is 3.15. The number of amides is 1. The van der Waals surface area contributed by atoms with E-state index in [1.165, 1.54) is 12.1 Å². The maximum Gasteiger partial charge on any atom is 0.287 e. The van der Waals surface area contributed by atoms with E-state index in [1.54, 1.807) is 6.07 Å². The van der Waals surface area contributed by atoms with Gasteiger partial charge in [0.2, 0.25) is 0 Å². The number of fused-ring (bicyclic) bond motifs is 1. The smallest absolute Gasteiger partial charge is 0.287 e. The second kappa shape index (κ2) is 6.16. The Labute approximate surface area is 141 Å². The molecule has 0 saturated heterocycles. The number of rotatable bonds is 3. The molecule has 1 aromatic heterocycles. The van der Waals surface area contributed by atoms with Gasteiger partial charge in [0.1, 0.15) is 11.4 Å². The summed E-state index contributed by atoms with van der Waals surface area (Å²) in [5.41, 5.74) is 3.12. The van der Waals surface area contributed by atoms with Crippen molar-refractivity contribution in [1.82, 2.24) is 5.32 Å². The van der Waals surface area contributed by atoms with Crippen molar-refractivity contribution in [2.45, 2.75) is 20.4 Å². The number of hydrogen-bond donors (Lipinski definition) is 1. The molecule has 0 atom stereocenters. The second-order valence-electron chi connectivity index (χ2n) is 5.45. The summed E-state index contributed by atoms with van der Waals surface area (Å²) in [6.45, 7) is 3.98. The molecule has 118 valence electrons. The summed E-state index contributed by atoms with van der Waals surface area (Å²) in [4.78, 5) is 12.4. The van der Waals surface area contributed by atoms with Crippen molar-refractivity contribution < 1.29 is 13.6 Å². The van der Waals surface area contributed by atoms with E-state index in [-0.39, 0.29) is 24.0 Å². The van der Waals surface area contributed by atoms with E-state index in [1.807, 2.05) is 32.0 Å². The SMILES string of the molecule is Cc1ccc(F)cc1CNC(=O)c1oc2ccc(Br)cc2c1C. The van der Waals surface area contributed by atoms with Gasteiger partial charge in [-0.1, -0.05) is 22.0 Å². The lowest BCUT2D eigenvalue weighted by molar-refractivity contribution is 0.0924. The Hall–Kier alpha value is -2.14. The maximum atomic E-state index is 13.3. The van der Waals surface area contributed by atoms with Crippen molar-refractivity contribution in [2.24, 2.45) is 0 Å². The minimum Gasteiger partial charge on any atom is -0.451 e. The van der Waals surface area contributed by atoms with Crippen LogP contribution in [0, 0.1) is 19.7 Å². The highest BCUT2D eigenvalue weighted by atomic mass is 79.9. The normalized spacial score (nSPS) is 11.0. The highest BCUT2D eigenvalue weighted by Crippen LogP contribution is 2.28. The first-order valence-corrected chi connectivity index (χ1v) is 7.97. The summed E-state index contributed by atoms with van der Waals surface area (Å²) < 4.78 is 19.9. The molecular weight excluding hydrogens is 361 g/mol. The number of nitrogens with one attached hydrogen (secondary N) is 1. The lowest BCUT2D eigenvalue weighted by Gasteiger charge is -2.07. The molecule has 1 heterocycles. The van der Waals surface area contributed by atoms with E-state index in [4.69, 9.17) is 4.42 Å². The lowest BCUT2D eigenvalue weighted by Crippen LogP contribution is -2.23. The average Bonchev–Trinajstić information content (AvgIpc) is 2.85. The molecule has 0 bridgehead atoms. The van der Waals surface area contributed by atoms with Crippen molar-refractivity contribution in [3.05, 3.63) is 69.1 Å². The van der Waals surface area contributed by atoms with E-state index in [0.717, 1.165) is 26.5 Å². The van der Waals surface area contributed by atoms with Crippen molar-refractivity contribution >= 4 is 32.8 Å². The first-order chi connectivity index (χ1) is 11.0. The van der Waals surface area contributed by atoms with Crippen LogP contribution in [0.5, 0.6) is 0 Å². The van der Waals surface area contributed by atoms with E-state index in [0.29, 0.717) is 5.58 Å². The Morgan fingerprint density at radius 2 is 2.00 bits per heavy atom. The predicted octanol–water partition coefficient (Wildman–Crippen LogP) is 4.88. The first-order valence-electron chi connectivity index (χ1n) is 7.17. The molecule has 0 fully saturated rings. The molecule has 0 unspecified atom stereocenters. The van der Waals surface area contributed by atoms with Crippen molar-refractivity contribution in [1.29, 1.82) is 0 Å². The van der Waals surface area contributed by atoms with Crippen LogP contribution in [0.3, 0.4) is 0 Å². The van der Waals surface area contributed by atoms with Gasteiger partial charge in [0.05, 0.1) is 0 Å². The predicted molar refractivity (Wildman–Crippen MR) is 91.0 cm³/mol. The lowest BCUT2D eigenvalue weighted by atomic mass is 10.1. The molecule has 3 rings (SSSR count). The molecule has 1 amide bonds. The van der Waals surface area contributed by atoms with Gasteiger partial charge in [-0.15, -0.1) is 0 Å². The molecule has 0 aliphatic carbocycles. The summed E-state index contributed by atoms with van der Waals surface area (Å²) in [5.74, 6) is -0.338. The van der Waals surface area contributed by atoms with Gasteiger partial charge < -0.3 is 9.73 Å². The van der Waals surface area contributed by atoms with Crippen LogP contribution in [0.2, 0.25) is 0 Å². The van der Waals surface area contributed by atoms with Gasteiger partial charge in [-0.05, 0) is 55.3 Å². The molecule has 3 aromatic rings. The van der Waals surface area contributed by atoms with Crippen LogP contribution in [0.4, 0.5) is 4.39 Å². The molecule has 5 heteroatoms. The minimum atomic E-state index is -0.315. The van der Waals surface area contributed by atoms with Crippen LogP contribution >= 0.6 is 15.9 Å². The Morgan fingerprint density at radius 1 is 1.22 bits per heavy atom. The quantitative estimate of drug-likeness (QED) is 0.708. The molecule has 23 heavy (non-hydrogen) atoms. The number of furan rings is 1. The van der Waals surface area contributed by atoms with E-state index in [9.17, 15) is 9.18 Å². The van der Waals surface area contributed by atoms with Crippen LogP contribution in [0.25, 0.3) is 11.0 Å². The Bertz CT molecular complexity index is 901. The molecule has 0 radical (unpaired) electrons. The molecule has 0 spiro atoms. The zero-order valence-corrected chi connectivity index (χ0v) is 14.3. The topological polar surface area (TPSA) is 42.2 Å². The summed E-state index contributed by atoms with van der Waals surface area (Å²) in [6, 6.07) is 10.1. The van der Waals surface area contributed by atoms with Gasteiger partial charge in [-0.2, -0.15) is 0 Å². The Kier molecular flexibility index (Phi) is 4.22. The number of halogens is 2. The first kappa shape index (κ1) is 15.7. The van der Waals surface area contributed by atoms with Crippen LogP contribution in [0.15, 0.2) is 45.3 Å². The van der Waals surface area contributed by atoms with Crippen molar-refractivity contribution in [2.75, 3.05) is 0 Å². The highest BCUT2D eigenvalue weighted by Gasteiger charge is 2.17. The van der Waals surface area contributed by atoms with Gasteiger partial charge in [-0.3, -0.25) is 4.79 Å². The standard InChI is InChI=1S/C18H15BrFNO2/c1-10-3-5-14(20)7-12(10)9-21-18(22)17-11(2)15-8-13(19)4-6-16(15)23-17/h3-8H,9H2,1-2H3,(H,21,22). The largest absolute Gasteiger partial charge is 0.451 e. The Balaban J connectivity index is 1.83. The van der Waals surface area contributed by atoms with E-state index >= 15 is 0 Å². The molecule has 3 nitrogen and oxygen atoms in total. The van der Waals surface area contributed by atoms with Crippen molar-refractivity contribution in [3.63, 3.8) is 0 Å². The van der Waals surface area contributed by atoms with Gasteiger partial charge in [0.15, 0.2) is 5.76 Å². The fourth-order valence-electron chi connectivity index (χ4n) is 2.50. The van der Waals surface area contributed by atoms with Crippen LogP contribution in [-0.2, 0) is 6.54 Å². The van der Waals surface area contributed by atoms with Crippen LogP contribution in [-0.4, -0.2) is 5.91 Å².